The first-order chi connectivity index (χ1) is 16.6. The van der Waals surface area contributed by atoms with Crippen LogP contribution in [0.4, 0.5) is 24.5 Å². The van der Waals surface area contributed by atoms with Crippen LogP contribution < -0.4 is 20.1 Å². The van der Waals surface area contributed by atoms with Gasteiger partial charge in [-0.1, -0.05) is 17.7 Å². The molecule has 2 amide bonds. The molecule has 0 atom stereocenters. The minimum atomic E-state index is -4.67. The lowest BCUT2D eigenvalue weighted by molar-refractivity contribution is -0.137. The first kappa shape index (κ1) is 26.2. The van der Waals surface area contributed by atoms with Gasteiger partial charge in [-0.05, 0) is 54.6 Å². The number of alkyl halides is 3. The molecule has 0 aliphatic heterocycles. The Morgan fingerprint density at radius 3 is 2.37 bits per heavy atom. The molecule has 11 heteroatoms. The van der Waals surface area contributed by atoms with Crippen molar-refractivity contribution in [1.82, 2.24) is 0 Å². The number of benzene rings is 3. The number of thioether (sulfide) groups is 1. The third-order valence-electron chi connectivity index (χ3n) is 4.67. The van der Waals surface area contributed by atoms with Gasteiger partial charge in [0.2, 0.25) is 5.91 Å². The maximum Gasteiger partial charge on any atom is 0.418 e. The van der Waals surface area contributed by atoms with Crippen LogP contribution in [0.15, 0.2) is 65.6 Å². The van der Waals surface area contributed by atoms with Crippen molar-refractivity contribution in [2.75, 3.05) is 30.6 Å². The van der Waals surface area contributed by atoms with E-state index < -0.39 is 17.6 Å². The zero-order valence-corrected chi connectivity index (χ0v) is 20.1. The Balaban J connectivity index is 1.63. The van der Waals surface area contributed by atoms with Crippen LogP contribution in [0.1, 0.15) is 15.9 Å². The lowest BCUT2D eigenvalue weighted by Gasteiger charge is -2.14. The molecule has 0 bridgehead atoms. The number of halogens is 4. The van der Waals surface area contributed by atoms with Crippen molar-refractivity contribution in [1.29, 1.82) is 0 Å². The molecule has 0 radical (unpaired) electrons. The summed E-state index contributed by atoms with van der Waals surface area (Å²) in [6.07, 6.45) is -4.67. The molecular formula is C24H20ClF3N2O4S. The molecule has 0 aromatic heterocycles. The van der Waals surface area contributed by atoms with Gasteiger partial charge in [0.05, 0.1) is 31.2 Å². The number of amides is 2. The highest BCUT2D eigenvalue weighted by molar-refractivity contribution is 8.00. The van der Waals surface area contributed by atoms with Gasteiger partial charge >= 0.3 is 6.18 Å². The average molecular weight is 525 g/mol. The zero-order chi connectivity index (χ0) is 25.6. The van der Waals surface area contributed by atoms with Gasteiger partial charge in [-0.15, -0.1) is 11.8 Å². The SMILES string of the molecule is COc1ccc(C(=O)Nc2cccc(SCC(=O)Nc3ccc(Cl)cc3C(F)(F)F)c2)cc1OC. The molecule has 3 rings (SSSR count). The van der Waals surface area contributed by atoms with E-state index in [1.807, 2.05) is 0 Å². The van der Waals surface area contributed by atoms with Crippen LogP contribution in [0.3, 0.4) is 0 Å². The van der Waals surface area contributed by atoms with Gasteiger partial charge in [-0.3, -0.25) is 9.59 Å². The first-order valence-electron chi connectivity index (χ1n) is 10.0. The van der Waals surface area contributed by atoms with Crippen LogP contribution >= 0.6 is 23.4 Å². The van der Waals surface area contributed by atoms with Crippen molar-refractivity contribution in [3.05, 3.63) is 76.8 Å². The molecule has 6 nitrogen and oxygen atoms in total. The molecule has 0 unspecified atom stereocenters. The van der Waals surface area contributed by atoms with E-state index in [-0.39, 0.29) is 22.4 Å². The summed E-state index contributed by atoms with van der Waals surface area (Å²) in [6, 6.07) is 14.6. The van der Waals surface area contributed by atoms with Crippen LogP contribution in [0.25, 0.3) is 0 Å². The number of rotatable bonds is 8. The Morgan fingerprint density at radius 1 is 0.943 bits per heavy atom. The topological polar surface area (TPSA) is 76.7 Å². The fourth-order valence-corrected chi connectivity index (χ4v) is 3.97. The van der Waals surface area contributed by atoms with Gasteiger partial charge in [0.15, 0.2) is 11.5 Å². The average Bonchev–Trinajstić information content (AvgIpc) is 2.83. The van der Waals surface area contributed by atoms with Crippen molar-refractivity contribution in [3.8, 4) is 11.5 Å². The second kappa shape index (κ2) is 11.4. The lowest BCUT2D eigenvalue weighted by Crippen LogP contribution is -2.18. The maximum atomic E-state index is 13.2. The Labute approximate surface area is 208 Å². The van der Waals surface area contributed by atoms with E-state index in [9.17, 15) is 22.8 Å². The predicted octanol–water partition coefficient (Wildman–Crippen LogP) is 6.36. The molecule has 0 saturated carbocycles. The number of carbonyl (C=O) groups excluding carboxylic acids is 2. The molecular weight excluding hydrogens is 505 g/mol. The number of ether oxygens (including phenoxy) is 2. The Hall–Kier alpha value is -3.37. The Bertz CT molecular complexity index is 1240. The molecule has 35 heavy (non-hydrogen) atoms. The normalized spacial score (nSPS) is 11.0. The highest BCUT2D eigenvalue weighted by atomic mass is 35.5. The van der Waals surface area contributed by atoms with E-state index in [0.717, 1.165) is 23.9 Å². The smallest absolute Gasteiger partial charge is 0.418 e. The van der Waals surface area contributed by atoms with Gasteiger partial charge in [0.25, 0.3) is 5.91 Å². The molecule has 0 saturated heterocycles. The summed E-state index contributed by atoms with van der Waals surface area (Å²) in [4.78, 5) is 25.5. The number of hydrogen-bond donors (Lipinski definition) is 2. The van der Waals surface area contributed by atoms with Crippen molar-refractivity contribution >= 4 is 46.6 Å². The molecule has 3 aromatic rings. The number of nitrogens with one attached hydrogen (secondary N) is 2. The van der Waals surface area contributed by atoms with E-state index in [0.29, 0.717) is 27.6 Å². The summed E-state index contributed by atoms with van der Waals surface area (Å²) in [7, 11) is 2.96. The highest BCUT2D eigenvalue weighted by Gasteiger charge is 2.34. The monoisotopic (exact) mass is 524 g/mol. The van der Waals surface area contributed by atoms with Crippen molar-refractivity contribution in [3.63, 3.8) is 0 Å². The summed E-state index contributed by atoms with van der Waals surface area (Å²) >= 11 is 6.77. The Morgan fingerprint density at radius 2 is 1.69 bits per heavy atom. The molecule has 0 aliphatic carbocycles. The summed E-state index contributed by atoms with van der Waals surface area (Å²) < 4.78 is 50.0. The molecule has 0 spiro atoms. The third-order valence-corrected chi connectivity index (χ3v) is 5.90. The molecule has 3 aromatic carbocycles. The van der Waals surface area contributed by atoms with Crippen LogP contribution in [-0.2, 0) is 11.0 Å². The van der Waals surface area contributed by atoms with Gasteiger partial charge in [0, 0.05) is 21.2 Å². The zero-order valence-electron chi connectivity index (χ0n) is 18.5. The number of hydrogen-bond acceptors (Lipinski definition) is 5. The summed E-state index contributed by atoms with van der Waals surface area (Å²) in [5, 5.41) is 4.94. The second-order valence-corrected chi connectivity index (χ2v) is 8.56. The molecule has 0 fully saturated rings. The van der Waals surface area contributed by atoms with E-state index >= 15 is 0 Å². The van der Waals surface area contributed by atoms with Crippen molar-refractivity contribution in [2.45, 2.75) is 11.1 Å². The summed E-state index contributed by atoms with van der Waals surface area (Å²) in [6.45, 7) is 0. The van der Waals surface area contributed by atoms with E-state index in [4.69, 9.17) is 21.1 Å². The van der Waals surface area contributed by atoms with E-state index in [1.165, 1.54) is 20.3 Å². The third kappa shape index (κ3) is 7.06. The number of carbonyl (C=O) groups is 2. The number of methoxy groups -OCH3 is 2. The maximum absolute atomic E-state index is 13.2. The fourth-order valence-electron chi connectivity index (χ4n) is 3.04. The minimum absolute atomic E-state index is 0.0864. The standard InChI is InChI=1S/C24H20ClF3N2O4S/c1-33-20-9-6-14(10-21(20)34-2)23(32)29-16-4-3-5-17(12-16)35-13-22(31)30-19-8-7-15(25)11-18(19)24(26,27)28/h3-12H,13H2,1-2H3,(H,29,32)(H,30,31). The van der Waals surface area contributed by atoms with Crippen LogP contribution in [0, 0.1) is 0 Å². The van der Waals surface area contributed by atoms with Gasteiger partial charge < -0.3 is 20.1 Å². The predicted molar refractivity (Wildman–Crippen MR) is 130 cm³/mol. The van der Waals surface area contributed by atoms with Crippen LogP contribution in [0.2, 0.25) is 5.02 Å². The largest absolute Gasteiger partial charge is 0.493 e. The van der Waals surface area contributed by atoms with Crippen molar-refractivity contribution in [2.24, 2.45) is 0 Å². The molecule has 2 N–H and O–H groups in total. The second-order valence-electron chi connectivity index (χ2n) is 7.08. The van der Waals surface area contributed by atoms with Crippen LogP contribution in [-0.4, -0.2) is 31.8 Å². The Kier molecular flexibility index (Phi) is 8.52. The fraction of sp³-hybridized carbons (Fsp3) is 0.167. The van der Waals surface area contributed by atoms with Gasteiger partial charge in [-0.25, -0.2) is 0 Å². The summed E-state index contributed by atoms with van der Waals surface area (Å²) in [5.74, 6) is -0.255. The van der Waals surface area contributed by atoms with Gasteiger partial charge in [-0.2, -0.15) is 13.2 Å². The molecule has 0 aliphatic rings. The molecule has 0 heterocycles. The lowest BCUT2D eigenvalue weighted by atomic mass is 10.1. The highest BCUT2D eigenvalue weighted by Crippen LogP contribution is 2.36. The van der Waals surface area contributed by atoms with Crippen LogP contribution in [0.5, 0.6) is 11.5 Å². The first-order valence-corrected chi connectivity index (χ1v) is 11.4. The van der Waals surface area contributed by atoms with Crippen molar-refractivity contribution < 1.29 is 32.2 Å². The van der Waals surface area contributed by atoms with Gasteiger partial charge in [0.1, 0.15) is 0 Å². The quantitative estimate of drug-likeness (QED) is 0.335. The summed E-state index contributed by atoms with van der Waals surface area (Å²) in [5.41, 5.74) is -0.567. The minimum Gasteiger partial charge on any atom is -0.493 e. The van der Waals surface area contributed by atoms with E-state index in [1.54, 1.807) is 42.5 Å². The molecule has 184 valence electrons. The van der Waals surface area contributed by atoms with E-state index in [2.05, 4.69) is 10.6 Å². The number of anilines is 2.